The van der Waals surface area contributed by atoms with E-state index in [-0.39, 0.29) is 37.8 Å². The normalized spacial score (nSPS) is 17.6. The third-order valence-corrected chi connectivity index (χ3v) is 5.24. The quantitative estimate of drug-likeness (QED) is 0.570. The second kappa shape index (κ2) is 9.48. The first-order valence-electron chi connectivity index (χ1n) is 9.92. The van der Waals surface area contributed by atoms with E-state index in [2.05, 4.69) is 0 Å². The monoisotopic (exact) mass is 386 g/mol. The van der Waals surface area contributed by atoms with Crippen LogP contribution >= 0.6 is 0 Å². The third-order valence-electron chi connectivity index (χ3n) is 5.24. The van der Waals surface area contributed by atoms with E-state index in [1.165, 1.54) is 6.42 Å². The van der Waals surface area contributed by atoms with Gasteiger partial charge < -0.3 is 9.64 Å². The average molecular weight is 386 g/mol. The van der Waals surface area contributed by atoms with Gasteiger partial charge in [-0.2, -0.15) is 0 Å². The molecule has 150 valence electrons. The number of benzene rings is 1. The van der Waals surface area contributed by atoms with Crippen LogP contribution in [-0.4, -0.2) is 59.7 Å². The van der Waals surface area contributed by atoms with Crippen molar-refractivity contribution in [2.45, 2.75) is 44.9 Å². The van der Waals surface area contributed by atoms with Crippen LogP contribution in [0.25, 0.3) is 0 Å². The lowest BCUT2D eigenvalue weighted by atomic mass is 9.98. The van der Waals surface area contributed by atoms with Crippen LogP contribution in [0.3, 0.4) is 0 Å². The Morgan fingerprint density at radius 1 is 0.964 bits per heavy atom. The maximum Gasteiger partial charge on any atom is 0.308 e. The summed E-state index contributed by atoms with van der Waals surface area (Å²) >= 11 is 0. The molecule has 2 heterocycles. The fraction of sp³-hybridized carbons (Fsp3) is 0.524. The van der Waals surface area contributed by atoms with E-state index in [9.17, 15) is 19.2 Å². The van der Waals surface area contributed by atoms with Crippen LogP contribution in [0.15, 0.2) is 24.3 Å². The molecule has 1 aromatic rings. The molecule has 0 spiro atoms. The van der Waals surface area contributed by atoms with Crippen molar-refractivity contribution in [3.63, 3.8) is 0 Å². The Labute approximate surface area is 164 Å². The fourth-order valence-electron chi connectivity index (χ4n) is 3.63. The number of nitrogens with zero attached hydrogens (tertiary/aromatic N) is 2. The van der Waals surface area contributed by atoms with E-state index < -0.39 is 11.9 Å². The SMILES string of the molecule is O=C(CCN1C(=O)Cc2ccccc2C1=O)OCC(=O)N1CCCCCCC1. The van der Waals surface area contributed by atoms with Gasteiger partial charge in [0.2, 0.25) is 5.91 Å². The lowest BCUT2D eigenvalue weighted by Gasteiger charge is -2.26. The molecule has 1 aromatic carbocycles. The molecule has 1 saturated heterocycles. The number of carbonyl (C=O) groups is 4. The van der Waals surface area contributed by atoms with Gasteiger partial charge in [-0.3, -0.25) is 24.1 Å². The molecular weight excluding hydrogens is 360 g/mol. The van der Waals surface area contributed by atoms with Crippen molar-refractivity contribution >= 4 is 23.7 Å². The summed E-state index contributed by atoms with van der Waals surface area (Å²) in [7, 11) is 0. The Hall–Kier alpha value is -2.70. The van der Waals surface area contributed by atoms with Crippen molar-refractivity contribution in [1.29, 1.82) is 0 Å². The molecule has 2 aliphatic heterocycles. The third kappa shape index (κ3) is 4.97. The summed E-state index contributed by atoms with van der Waals surface area (Å²) in [5, 5.41) is 0. The van der Waals surface area contributed by atoms with Crippen molar-refractivity contribution in [2.24, 2.45) is 0 Å². The zero-order valence-electron chi connectivity index (χ0n) is 16.0. The highest BCUT2D eigenvalue weighted by atomic mass is 16.5. The molecule has 0 bridgehead atoms. The molecule has 7 nitrogen and oxygen atoms in total. The van der Waals surface area contributed by atoms with Gasteiger partial charge in [0.15, 0.2) is 6.61 Å². The van der Waals surface area contributed by atoms with Crippen molar-refractivity contribution in [2.75, 3.05) is 26.2 Å². The molecule has 0 aromatic heterocycles. The largest absolute Gasteiger partial charge is 0.456 e. The van der Waals surface area contributed by atoms with Crippen LogP contribution in [0.2, 0.25) is 0 Å². The van der Waals surface area contributed by atoms with E-state index in [0.717, 1.165) is 30.6 Å². The van der Waals surface area contributed by atoms with Gasteiger partial charge in [-0.15, -0.1) is 0 Å². The van der Waals surface area contributed by atoms with E-state index in [1.807, 2.05) is 0 Å². The van der Waals surface area contributed by atoms with Gasteiger partial charge in [-0.1, -0.05) is 37.5 Å². The van der Waals surface area contributed by atoms with Gasteiger partial charge in [-0.25, -0.2) is 0 Å². The van der Waals surface area contributed by atoms with Crippen LogP contribution < -0.4 is 0 Å². The Morgan fingerprint density at radius 2 is 1.64 bits per heavy atom. The number of amides is 3. The van der Waals surface area contributed by atoms with E-state index in [4.69, 9.17) is 4.74 Å². The van der Waals surface area contributed by atoms with Gasteiger partial charge in [0.05, 0.1) is 12.8 Å². The Kier molecular flexibility index (Phi) is 6.79. The standard InChI is InChI=1S/C21H26N2O5/c24-18-14-16-8-4-5-9-17(16)21(27)23(18)13-10-20(26)28-15-19(25)22-11-6-2-1-3-7-12-22/h4-5,8-9H,1-3,6-7,10-15H2. The van der Waals surface area contributed by atoms with Crippen molar-refractivity contribution < 1.29 is 23.9 Å². The smallest absolute Gasteiger partial charge is 0.308 e. The molecule has 28 heavy (non-hydrogen) atoms. The van der Waals surface area contributed by atoms with Gasteiger partial charge in [0.1, 0.15) is 0 Å². The highest BCUT2D eigenvalue weighted by Crippen LogP contribution is 2.19. The zero-order chi connectivity index (χ0) is 19.9. The fourth-order valence-corrected chi connectivity index (χ4v) is 3.63. The first-order valence-corrected chi connectivity index (χ1v) is 9.92. The predicted molar refractivity (Wildman–Crippen MR) is 101 cm³/mol. The molecule has 0 atom stereocenters. The van der Waals surface area contributed by atoms with E-state index in [1.54, 1.807) is 29.2 Å². The summed E-state index contributed by atoms with van der Waals surface area (Å²) in [6.45, 7) is 1.07. The molecule has 0 saturated carbocycles. The molecule has 0 unspecified atom stereocenters. The van der Waals surface area contributed by atoms with Crippen LogP contribution in [0.5, 0.6) is 0 Å². The summed E-state index contributed by atoms with van der Waals surface area (Å²) in [6.07, 6.45) is 5.41. The molecule has 1 fully saturated rings. The average Bonchev–Trinajstić information content (AvgIpc) is 2.65. The van der Waals surface area contributed by atoms with Crippen molar-refractivity contribution in [3.8, 4) is 0 Å². The predicted octanol–water partition coefficient (Wildman–Crippen LogP) is 1.94. The van der Waals surface area contributed by atoms with Gasteiger partial charge in [0.25, 0.3) is 11.8 Å². The summed E-state index contributed by atoms with van der Waals surface area (Å²) in [4.78, 5) is 51.8. The minimum atomic E-state index is -0.583. The van der Waals surface area contributed by atoms with Crippen LogP contribution in [0, 0.1) is 0 Å². The molecule has 2 aliphatic rings. The Morgan fingerprint density at radius 3 is 2.39 bits per heavy atom. The molecular formula is C21H26N2O5. The molecule has 7 heteroatoms. The lowest BCUT2D eigenvalue weighted by Crippen LogP contribution is -2.43. The topological polar surface area (TPSA) is 84.0 Å². The van der Waals surface area contributed by atoms with Crippen molar-refractivity contribution in [3.05, 3.63) is 35.4 Å². The number of carbonyl (C=O) groups excluding carboxylic acids is 4. The lowest BCUT2D eigenvalue weighted by molar-refractivity contribution is -0.152. The van der Waals surface area contributed by atoms with E-state index >= 15 is 0 Å². The summed E-state index contributed by atoms with van der Waals surface area (Å²) in [5.41, 5.74) is 1.19. The number of hydrogen-bond donors (Lipinski definition) is 0. The number of esters is 1. The van der Waals surface area contributed by atoms with Gasteiger partial charge in [-0.05, 0) is 24.5 Å². The molecule has 0 radical (unpaired) electrons. The Bertz CT molecular complexity index is 753. The number of ether oxygens (including phenoxy) is 1. The second-order valence-corrected chi connectivity index (χ2v) is 7.24. The molecule has 0 N–H and O–H groups in total. The van der Waals surface area contributed by atoms with Crippen LogP contribution in [-0.2, 0) is 25.5 Å². The first-order chi connectivity index (χ1) is 13.6. The molecule has 3 rings (SSSR count). The molecule has 3 amide bonds. The van der Waals surface area contributed by atoms with Gasteiger partial charge >= 0.3 is 5.97 Å². The second-order valence-electron chi connectivity index (χ2n) is 7.24. The maximum absolute atomic E-state index is 12.5. The summed E-state index contributed by atoms with van der Waals surface area (Å²) in [6, 6.07) is 6.97. The number of fused-ring (bicyclic) bond motifs is 1. The first kappa shape index (κ1) is 20.0. The summed E-state index contributed by atoms with van der Waals surface area (Å²) < 4.78 is 5.08. The number of rotatable bonds is 5. The van der Waals surface area contributed by atoms with Crippen LogP contribution in [0.1, 0.15) is 54.4 Å². The van der Waals surface area contributed by atoms with Crippen molar-refractivity contribution in [1.82, 2.24) is 9.80 Å². The Balaban J connectivity index is 1.46. The van der Waals surface area contributed by atoms with Gasteiger partial charge in [0, 0.05) is 25.2 Å². The number of hydrogen-bond acceptors (Lipinski definition) is 5. The summed E-state index contributed by atoms with van der Waals surface area (Å²) in [5.74, 6) is -1.49. The highest BCUT2D eigenvalue weighted by molar-refractivity contribution is 6.09. The minimum absolute atomic E-state index is 0.0389. The minimum Gasteiger partial charge on any atom is -0.456 e. The highest BCUT2D eigenvalue weighted by Gasteiger charge is 2.30. The number of likely N-dealkylation sites (tertiary alicyclic amines) is 1. The molecule has 0 aliphatic carbocycles. The van der Waals surface area contributed by atoms with Crippen LogP contribution in [0.4, 0.5) is 0 Å². The van der Waals surface area contributed by atoms with E-state index in [0.29, 0.717) is 24.2 Å². The zero-order valence-corrected chi connectivity index (χ0v) is 16.0. The maximum atomic E-state index is 12.5. The number of imide groups is 1.